The van der Waals surface area contributed by atoms with Crippen LogP contribution in [0.2, 0.25) is 5.15 Å². The van der Waals surface area contributed by atoms with Gasteiger partial charge in [-0.15, -0.1) is 5.10 Å². The minimum Gasteiger partial charge on any atom is -0.267 e. The fourth-order valence-corrected chi connectivity index (χ4v) is 3.44. The number of halogens is 1. The highest BCUT2D eigenvalue weighted by Crippen LogP contribution is 2.37. The van der Waals surface area contributed by atoms with Gasteiger partial charge in [0, 0.05) is 24.4 Å². The summed E-state index contributed by atoms with van der Waals surface area (Å²) in [6, 6.07) is 0.319. The van der Waals surface area contributed by atoms with Gasteiger partial charge < -0.3 is 0 Å². The zero-order valence-corrected chi connectivity index (χ0v) is 12.3. The van der Waals surface area contributed by atoms with E-state index in [1.54, 1.807) is 9.25 Å². The summed E-state index contributed by atoms with van der Waals surface area (Å²) in [4.78, 5) is 11.7. The minimum atomic E-state index is -0.126. The van der Waals surface area contributed by atoms with Crippen LogP contribution in [0.15, 0.2) is 9.95 Å². The largest absolute Gasteiger partial charge is 0.344 e. The molecule has 0 atom stereocenters. The second-order valence-electron chi connectivity index (χ2n) is 4.68. The SMILES string of the molecule is Cc1nn(C)c(Cl)c1CSc1n[nH]c(=O)n1C1CC1. The number of aromatic amines is 1. The lowest BCUT2D eigenvalue weighted by Crippen LogP contribution is -2.16. The van der Waals surface area contributed by atoms with E-state index in [1.165, 1.54) is 11.8 Å². The van der Waals surface area contributed by atoms with Crippen LogP contribution in [0.25, 0.3) is 0 Å². The number of nitrogens with zero attached hydrogens (tertiary/aromatic N) is 4. The van der Waals surface area contributed by atoms with E-state index in [9.17, 15) is 4.79 Å². The molecule has 0 aliphatic heterocycles. The number of H-pyrrole nitrogens is 1. The molecule has 3 rings (SSSR count). The molecule has 0 unspecified atom stereocenters. The van der Waals surface area contributed by atoms with Crippen LogP contribution >= 0.6 is 23.4 Å². The number of thioether (sulfide) groups is 1. The zero-order chi connectivity index (χ0) is 13.6. The molecule has 1 saturated carbocycles. The molecule has 0 amide bonds. The van der Waals surface area contributed by atoms with Gasteiger partial charge in [0.05, 0.1) is 5.69 Å². The van der Waals surface area contributed by atoms with Gasteiger partial charge in [-0.2, -0.15) is 5.10 Å². The van der Waals surface area contributed by atoms with Crippen molar-refractivity contribution in [1.29, 1.82) is 0 Å². The average molecular weight is 300 g/mol. The first-order valence-electron chi connectivity index (χ1n) is 6.05. The Labute approximate surface area is 119 Å². The molecule has 0 aromatic carbocycles. The Bertz CT molecular complexity index is 669. The van der Waals surface area contributed by atoms with Crippen molar-refractivity contribution in [3.05, 3.63) is 26.9 Å². The average Bonchev–Trinajstić information content (AvgIpc) is 3.08. The number of rotatable bonds is 4. The minimum absolute atomic E-state index is 0.126. The second-order valence-corrected chi connectivity index (χ2v) is 5.98. The first kappa shape index (κ1) is 12.8. The summed E-state index contributed by atoms with van der Waals surface area (Å²) in [5, 5.41) is 12.2. The molecule has 0 radical (unpaired) electrons. The topological polar surface area (TPSA) is 68.5 Å². The molecule has 1 N–H and O–H groups in total. The number of hydrogen-bond donors (Lipinski definition) is 1. The Morgan fingerprint density at radius 1 is 1.53 bits per heavy atom. The van der Waals surface area contributed by atoms with Crippen molar-refractivity contribution in [2.24, 2.45) is 7.05 Å². The van der Waals surface area contributed by atoms with Crippen molar-refractivity contribution in [3.8, 4) is 0 Å². The van der Waals surface area contributed by atoms with Gasteiger partial charge in [0.25, 0.3) is 0 Å². The van der Waals surface area contributed by atoms with Gasteiger partial charge in [0.15, 0.2) is 5.16 Å². The van der Waals surface area contributed by atoms with Crippen LogP contribution in [-0.4, -0.2) is 24.5 Å². The van der Waals surface area contributed by atoms with E-state index in [4.69, 9.17) is 11.6 Å². The first-order valence-corrected chi connectivity index (χ1v) is 7.42. The van der Waals surface area contributed by atoms with Crippen molar-refractivity contribution < 1.29 is 0 Å². The summed E-state index contributed by atoms with van der Waals surface area (Å²) in [6.07, 6.45) is 2.11. The van der Waals surface area contributed by atoms with Gasteiger partial charge >= 0.3 is 5.69 Å². The van der Waals surface area contributed by atoms with Crippen LogP contribution in [-0.2, 0) is 12.8 Å². The molecule has 0 saturated heterocycles. The van der Waals surface area contributed by atoms with Crippen molar-refractivity contribution in [2.45, 2.75) is 36.7 Å². The zero-order valence-electron chi connectivity index (χ0n) is 10.7. The predicted molar refractivity (Wildman–Crippen MR) is 73.6 cm³/mol. The van der Waals surface area contributed by atoms with E-state index < -0.39 is 0 Å². The van der Waals surface area contributed by atoms with Crippen LogP contribution in [0.3, 0.4) is 0 Å². The third-order valence-electron chi connectivity index (χ3n) is 3.20. The fraction of sp³-hybridized carbons (Fsp3) is 0.545. The van der Waals surface area contributed by atoms with Crippen LogP contribution in [0.5, 0.6) is 0 Å². The molecular formula is C11H14ClN5OS. The lowest BCUT2D eigenvalue weighted by molar-refractivity contribution is 0.642. The van der Waals surface area contributed by atoms with Crippen LogP contribution in [0.1, 0.15) is 30.1 Å². The molecule has 19 heavy (non-hydrogen) atoms. The molecule has 0 spiro atoms. The molecule has 2 aromatic heterocycles. The molecule has 2 heterocycles. The Hall–Kier alpha value is -1.21. The Balaban J connectivity index is 1.81. The summed E-state index contributed by atoms with van der Waals surface area (Å²) < 4.78 is 3.40. The Kier molecular flexibility index (Phi) is 3.18. The normalized spacial score (nSPS) is 15.1. The van der Waals surface area contributed by atoms with Gasteiger partial charge in [-0.3, -0.25) is 9.25 Å². The van der Waals surface area contributed by atoms with Gasteiger partial charge in [0.1, 0.15) is 5.15 Å². The maximum Gasteiger partial charge on any atom is 0.344 e. The Morgan fingerprint density at radius 2 is 2.26 bits per heavy atom. The van der Waals surface area contributed by atoms with Crippen molar-refractivity contribution in [3.63, 3.8) is 0 Å². The van der Waals surface area contributed by atoms with Crippen molar-refractivity contribution >= 4 is 23.4 Å². The monoisotopic (exact) mass is 299 g/mol. The van der Waals surface area contributed by atoms with Gasteiger partial charge in [-0.1, -0.05) is 23.4 Å². The summed E-state index contributed by atoms with van der Waals surface area (Å²) >= 11 is 7.70. The van der Waals surface area contributed by atoms with E-state index in [2.05, 4.69) is 15.3 Å². The van der Waals surface area contributed by atoms with Crippen LogP contribution < -0.4 is 5.69 Å². The van der Waals surface area contributed by atoms with E-state index in [1.807, 2.05) is 14.0 Å². The quantitative estimate of drug-likeness (QED) is 0.876. The lowest BCUT2D eigenvalue weighted by atomic mass is 10.3. The van der Waals surface area contributed by atoms with E-state index >= 15 is 0 Å². The number of aryl methyl sites for hydroxylation is 2. The standard InChI is InChI=1S/C11H14ClN5OS/c1-6-8(9(12)16(2)15-6)5-19-11-14-13-10(18)17(11)7-3-4-7/h7H,3-5H2,1-2H3,(H,13,18). The number of hydrogen-bond acceptors (Lipinski definition) is 4. The highest BCUT2D eigenvalue weighted by molar-refractivity contribution is 7.98. The molecule has 1 fully saturated rings. The Morgan fingerprint density at radius 3 is 2.84 bits per heavy atom. The molecule has 0 bridgehead atoms. The maximum atomic E-state index is 11.7. The molecule has 1 aliphatic carbocycles. The fourth-order valence-electron chi connectivity index (χ4n) is 2.02. The number of nitrogens with one attached hydrogen (secondary N) is 1. The first-order chi connectivity index (χ1) is 9.08. The highest BCUT2D eigenvalue weighted by Gasteiger charge is 2.28. The van der Waals surface area contributed by atoms with E-state index in [0.29, 0.717) is 16.9 Å². The highest BCUT2D eigenvalue weighted by atomic mass is 35.5. The summed E-state index contributed by atoms with van der Waals surface area (Å²) in [7, 11) is 1.82. The van der Waals surface area contributed by atoms with E-state index in [0.717, 1.165) is 29.3 Å². The van der Waals surface area contributed by atoms with Crippen LogP contribution in [0, 0.1) is 6.92 Å². The predicted octanol–water partition coefficient (Wildman–Crippen LogP) is 1.89. The maximum absolute atomic E-state index is 11.7. The van der Waals surface area contributed by atoms with Crippen molar-refractivity contribution in [1.82, 2.24) is 24.5 Å². The van der Waals surface area contributed by atoms with E-state index in [-0.39, 0.29) is 5.69 Å². The van der Waals surface area contributed by atoms with Crippen LogP contribution in [0.4, 0.5) is 0 Å². The molecule has 6 nitrogen and oxygen atoms in total. The summed E-state index contributed by atoms with van der Waals surface area (Å²) in [6.45, 7) is 1.93. The summed E-state index contributed by atoms with van der Waals surface area (Å²) in [5.74, 6) is 0.662. The van der Waals surface area contributed by atoms with Gasteiger partial charge in [0.2, 0.25) is 0 Å². The third kappa shape index (κ3) is 2.32. The number of aromatic nitrogens is 5. The van der Waals surface area contributed by atoms with Crippen molar-refractivity contribution in [2.75, 3.05) is 0 Å². The molecule has 8 heteroatoms. The lowest BCUT2D eigenvalue weighted by Gasteiger charge is -2.03. The molecule has 102 valence electrons. The molecule has 1 aliphatic rings. The molecular weight excluding hydrogens is 286 g/mol. The molecule has 2 aromatic rings. The van der Waals surface area contributed by atoms with Gasteiger partial charge in [-0.25, -0.2) is 9.89 Å². The summed E-state index contributed by atoms with van der Waals surface area (Å²) in [5.41, 5.74) is 1.78. The second kappa shape index (κ2) is 4.72. The van der Waals surface area contributed by atoms with Gasteiger partial charge in [-0.05, 0) is 19.8 Å². The smallest absolute Gasteiger partial charge is 0.267 e. The third-order valence-corrected chi connectivity index (χ3v) is 4.65.